The number of nitrogens with zero attached hydrogens (tertiary/aromatic N) is 1. The zero-order valence-corrected chi connectivity index (χ0v) is 15.7. The number of guanidine groups is 1. The van der Waals surface area contributed by atoms with Crippen LogP contribution in [0.3, 0.4) is 0 Å². The second-order valence-corrected chi connectivity index (χ2v) is 7.07. The van der Waals surface area contributed by atoms with Crippen LogP contribution in [0.5, 0.6) is 5.75 Å². The minimum absolute atomic E-state index is 0.0938. The summed E-state index contributed by atoms with van der Waals surface area (Å²) in [6, 6.07) is 14.2. The molecule has 0 aliphatic carbocycles. The Hall–Kier alpha value is -2.58. The van der Waals surface area contributed by atoms with Gasteiger partial charge in [-0.15, -0.1) is 0 Å². The van der Waals surface area contributed by atoms with Gasteiger partial charge < -0.3 is 15.4 Å². The Kier molecular flexibility index (Phi) is 6.99. The van der Waals surface area contributed by atoms with E-state index in [1.54, 1.807) is 19.2 Å². The molecule has 0 atom stereocenters. The lowest BCUT2D eigenvalue weighted by atomic mass is 10.2. The summed E-state index contributed by atoms with van der Waals surface area (Å²) in [5.74, 6) is 1.48. The molecule has 0 radical (unpaired) electrons. The first kappa shape index (κ1) is 19.7. The lowest BCUT2D eigenvalue weighted by molar-refractivity contribution is 0.336. The van der Waals surface area contributed by atoms with Crippen molar-refractivity contribution in [3.63, 3.8) is 0 Å². The smallest absolute Gasteiger partial charge is 0.238 e. The van der Waals surface area contributed by atoms with Crippen molar-refractivity contribution in [3.05, 3.63) is 59.7 Å². The van der Waals surface area contributed by atoms with Crippen LogP contribution in [0.2, 0.25) is 0 Å². The maximum Gasteiger partial charge on any atom is 0.238 e. The van der Waals surface area contributed by atoms with E-state index < -0.39 is 10.0 Å². The average Bonchev–Trinajstić information content (AvgIpc) is 2.63. The van der Waals surface area contributed by atoms with Crippen LogP contribution in [0, 0.1) is 0 Å². The van der Waals surface area contributed by atoms with Gasteiger partial charge in [0.15, 0.2) is 5.96 Å². The van der Waals surface area contributed by atoms with Crippen molar-refractivity contribution < 1.29 is 13.2 Å². The molecule has 0 unspecified atom stereocenters. The molecule has 4 N–H and O–H groups in total. The van der Waals surface area contributed by atoms with Gasteiger partial charge in [0.2, 0.25) is 10.0 Å². The highest BCUT2D eigenvalue weighted by Gasteiger charge is 2.07. The Balaban J connectivity index is 1.92. The van der Waals surface area contributed by atoms with Crippen molar-refractivity contribution in [2.75, 3.05) is 13.7 Å². The molecule has 26 heavy (non-hydrogen) atoms. The topological polar surface area (TPSA) is 106 Å². The molecule has 7 nitrogen and oxygen atoms in total. The van der Waals surface area contributed by atoms with Crippen molar-refractivity contribution >= 4 is 16.0 Å². The van der Waals surface area contributed by atoms with Crippen LogP contribution in [0.1, 0.15) is 18.1 Å². The number of ether oxygens (including phenoxy) is 1. The Bertz CT molecular complexity index is 849. The number of rotatable bonds is 7. The Morgan fingerprint density at radius 3 is 2.35 bits per heavy atom. The molecule has 0 bridgehead atoms. The fourth-order valence-corrected chi connectivity index (χ4v) is 2.84. The van der Waals surface area contributed by atoms with Gasteiger partial charge in [0, 0.05) is 25.7 Å². The second-order valence-electron chi connectivity index (χ2n) is 5.51. The lowest BCUT2D eigenvalue weighted by Gasteiger charge is -2.14. The van der Waals surface area contributed by atoms with E-state index in [0.29, 0.717) is 25.7 Å². The maximum absolute atomic E-state index is 11.3. The molecule has 0 aliphatic rings. The lowest BCUT2D eigenvalue weighted by Crippen LogP contribution is -2.36. The minimum atomic E-state index is -3.67. The van der Waals surface area contributed by atoms with Crippen molar-refractivity contribution in [2.45, 2.75) is 24.9 Å². The SMILES string of the molecule is CCOc1ccccc1CNC(=NC)NCc1ccc(S(N)(=O)=O)cc1. The van der Waals surface area contributed by atoms with Crippen LogP contribution in [0.25, 0.3) is 0 Å². The molecule has 0 heterocycles. The highest BCUT2D eigenvalue weighted by atomic mass is 32.2. The first-order chi connectivity index (χ1) is 12.4. The molecule has 0 amide bonds. The molecular weight excluding hydrogens is 352 g/mol. The Labute approximate surface area is 154 Å². The number of primary sulfonamides is 1. The zero-order valence-electron chi connectivity index (χ0n) is 14.9. The zero-order chi connectivity index (χ0) is 19.0. The van der Waals surface area contributed by atoms with Crippen LogP contribution in [0.4, 0.5) is 0 Å². The predicted molar refractivity (Wildman–Crippen MR) is 102 cm³/mol. The number of para-hydroxylation sites is 1. The van der Waals surface area contributed by atoms with Crippen molar-refractivity contribution in [3.8, 4) is 5.75 Å². The van der Waals surface area contributed by atoms with Gasteiger partial charge in [-0.3, -0.25) is 4.99 Å². The maximum atomic E-state index is 11.3. The first-order valence-corrected chi connectivity index (χ1v) is 9.75. The third-order valence-electron chi connectivity index (χ3n) is 3.65. The molecule has 0 fully saturated rings. The molecular formula is C18H24N4O3S. The molecule has 2 aromatic carbocycles. The second kappa shape index (κ2) is 9.21. The molecule has 0 aromatic heterocycles. The molecule has 0 saturated carbocycles. The summed E-state index contributed by atoms with van der Waals surface area (Å²) in [4.78, 5) is 4.28. The Morgan fingerprint density at radius 2 is 1.73 bits per heavy atom. The van der Waals surface area contributed by atoms with Gasteiger partial charge in [-0.05, 0) is 30.7 Å². The van der Waals surface area contributed by atoms with Crippen molar-refractivity contribution in [1.82, 2.24) is 10.6 Å². The summed E-state index contributed by atoms with van der Waals surface area (Å²) < 4.78 is 28.2. The third-order valence-corrected chi connectivity index (χ3v) is 4.58. The quantitative estimate of drug-likeness (QED) is 0.503. The van der Waals surface area contributed by atoms with Gasteiger partial charge in [0.1, 0.15) is 5.75 Å². The minimum Gasteiger partial charge on any atom is -0.494 e. The van der Waals surface area contributed by atoms with Crippen LogP contribution < -0.4 is 20.5 Å². The van der Waals surface area contributed by atoms with Gasteiger partial charge in [-0.25, -0.2) is 13.6 Å². The van der Waals surface area contributed by atoms with Crippen LogP contribution in [0.15, 0.2) is 58.4 Å². The summed E-state index contributed by atoms with van der Waals surface area (Å²) in [5.41, 5.74) is 1.95. The van der Waals surface area contributed by atoms with Crippen LogP contribution in [-0.4, -0.2) is 28.0 Å². The van der Waals surface area contributed by atoms with Crippen molar-refractivity contribution in [2.24, 2.45) is 10.1 Å². The molecule has 2 aromatic rings. The number of nitrogens with one attached hydrogen (secondary N) is 2. The summed E-state index contributed by atoms with van der Waals surface area (Å²) in [5, 5.41) is 11.5. The van der Waals surface area contributed by atoms with Gasteiger partial charge in [-0.1, -0.05) is 30.3 Å². The number of nitrogens with two attached hydrogens (primary N) is 1. The van der Waals surface area contributed by atoms with E-state index in [1.165, 1.54) is 12.1 Å². The van der Waals surface area contributed by atoms with E-state index in [4.69, 9.17) is 9.88 Å². The number of hydrogen-bond acceptors (Lipinski definition) is 4. The number of hydrogen-bond donors (Lipinski definition) is 3. The third kappa shape index (κ3) is 5.75. The van der Waals surface area contributed by atoms with Gasteiger partial charge in [-0.2, -0.15) is 0 Å². The van der Waals surface area contributed by atoms with E-state index in [-0.39, 0.29) is 4.90 Å². The Morgan fingerprint density at radius 1 is 1.08 bits per heavy atom. The predicted octanol–water partition coefficient (Wildman–Crippen LogP) is 1.60. The first-order valence-electron chi connectivity index (χ1n) is 8.21. The molecule has 0 aliphatic heterocycles. The van der Waals surface area contributed by atoms with E-state index in [9.17, 15) is 8.42 Å². The molecule has 140 valence electrons. The standard InChI is InChI=1S/C18H24N4O3S/c1-3-25-17-7-5-4-6-15(17)13-22-18(20-2)21-12-14-8-10-16(11-9-14)26(19,23)24/h4-11H,3,12-13H2,1-2H3,(H2,19,23,24)(H2,20,21,22). The van der Waals surface area contributed by atoms with Crippen LogP contribution >= 0.6 is 0 Å². The van der Waals surface area contributed by atoms with Crippen molar-refractivity contribution in [1.29, 1.82) is 0 Å². The van der Waals surface area contributed by atoms with E-state index in [1.807, 2.05) is 31.2 Å². The summed E-state index contributed by atoms with van der Waals surface area (Å²) in [6.07, 6.45) is 0. The molecule has 8 heteroatoms. The highest BCUT2D eigenvalue weighted by Crippen LogP contribution is 2.17. The van der Waals surface area contributed by atoms with Crippen LogP contribution in [-0.2, 0) is 23.1 Å². The molecule has 2 rings (SSSR count). The van der Waals surface area contributed by atoms with E-state index >= 15 is 0 Å². The van der Waals surface area contributed by atoms with E-state index in [2.05, 4.69) is 15.6 Å². The molecule has 0 spiro atoms. The average molecular weight is 376 g/mol. The van der Waals surface area contributed by atoms with Gasteiger partial charge in [0.25, 0.3) is 0 Å². The summed E-state index contributed by atoms with van der Waals surface area (Å²) >= 11 is 0. The monoisotopic (exact) mass is 376 g/mol. The fraction of sp³-hybridized carbons (Fsp3) is 0.278. The normalized spacial score (nSPS) is 11.9. The van der Waals surface area contributed by atoms with E-state index in [0.717, 1.165) is 16.9 Å². The summed E-state index contributed by atoms with van der Waals surface area (Å²) in [7, 11) is -1.98. The molecule has 0 saturated heterocycles. The number of benzene rings is 2. The largest absolute Gasteiger partial charge is 0.494 e. The van der Waals surface area contributed by atoms with Gasteiger partial charge in [0.05, 0.1) is 11.5 Å². The van der Waals surface area contributed by atoms with Gasteiger partial charge >= 0.3 is 0 Å². The highest BCUT2D eigenvalue weighted by molar-refractivity contribution is 7.89. The number of sulfonamides is 1. The number of aliphatic imine (C=N–C) groups is 1. The fourth-order valence-electron chi connectivity index (χ4n) is 2.33. The summed E-state index contributed by atoms with van der Waals surface area (Å²) in [6.45, 7) is 3.63.